The monoisotopic (exact) mass is 339 g/mol. The van der Waals surface area contributed by atoms with Crippen LogP contribution >= 0.6 is 0 Å². The molecular formula is C20H21NO4. The summed E-state index contributed by atoms with van der Waals surface area (Å²) in [6.07, 6.45) is 2.18. The summed E-state index contributed by atoms with van der Waals surface area (Å²) in [4.78, 5) is 23.4. The molecule has 0 atom stereocenters. The van der Waals surface area contributed by atoms with Crippen molar-refractivity contribution in [3.63, 3.8) is 0 Å². The number of nitrogens with one attached hydrogen (secondary N) is 1. The second kappa shape index (κ2) is 6.97. The van der Waals surface area contributed by atoms with E-state index in [9.17, 15) is 9.59 Å². The summed E-state index contributed by atoms with van der Waals surface area (Å²) >= 11 is 0. The van der Waals surface area contributed by atoms with E-state index in [-0.39, 0.29) is 12.3 Å². The van der Waals surface area contributed by atoms with E-state index in [1.807, 2.05) is 48.5 Å². The van der Waals surface area contributed by atoms with Crippen LogP contribution in [0.25, 0.3) is 0 Å². The summed E-state index contributed by atoms with van der Waals surface area (Å²) in [5, 5.41) is 11.7. The van der Waals surface area contributed by atoms with Gasteiger partial charge in [-0.2, -0.15) is 0 Å². The van der Waals surface area contributed by atoms with E-state index in [4.69, 9.17) is 9.84 Å². The summed E-state index contributed by atoms with van der Waals surface area (Å²) in [5.41, 5.74) is 2.05. The maximum absolute atomic E-state index is 12.8. The maximum atomic E-state index is 12.8. The van der Waals surface area contributed by atoms with Crippen molar-refractivity contribution < 1.29 is 19.4 Å². The van der Waals surface area contributed by atoms with Gasteiger partial charge >= 0.3 is 5.97 Å². The Morgan fingerprint density at radius 3 is 2.40 bits per heavy atom. The van der Waals surface area contributed by atoms with Crippen molar-refractivity contribution in [2.24, 2.45) is 0 Å². The smallest absolute Gasteiger partial charge is 0.303 e. The number of anilines is 1. The SMILES string of the molecule is COc1ccccc1C1(C(=O)Nc2ccc(CCC(=O)O)cc2)CC1. The van der Waals surface area contributed by atoms with Gasteiger partial charge in [0.25, 0.3) is 0 Å². The minimum atomic E-state index is -0.815. The Kier molecular flexibility index (Phi) is 4.74. The lowest BCUT2D eigenvalue weighted by molar-refractivity contribution is -0.137. The lowest BCUT2D eigenvalue weighted by atomic mass is 9.93. The summed E-state index contributed by atoms with van der Waals surface area (Å²) < 4.78 is 5.41. The Balaban J connectivity index is 1.71. The molecule has 0 aliphatic heterocycles. The summed E-state index contributed by atoms with van der Waals surface area (Å²) in [6, 6.07) is 15.0. The van der Waals surface area contributed by atoms with Gasteiger partial charge in [-0.1, -0.05) is 30.3 Å². The number of para-hydroxylation sites is 1. The molecule has 25 heavy (non-hydrogen) atoms. The lowest BCUT2D eigenvalue weighted by Crippen LogP contribution is -2.28. The van der Waals surface area contributed by atoms with Gasteiger partial charge in [-0.3, -0.25) is 9.59 Å². The zero-order valence-corrected chi connectivity index (χ0v) is 14.1. The fraction of sp³-hybridized carbons (Fsp3) is 0.300. The highest BCUT2D eigenvalue weighted by Gasteiger charge is 2.52. The molecule has 2 aromatic rings. The number of carbonyl (C=O) groups is 2. The Hall–Kier alpha value is -2.82. The number of carboxylic acids is 1. The first-order valence-electron chi connectivity index (χ1n) is 8.31. The third-order valence-electron chi connectivity index (χ3n) is 4.65. The Bertz CT molecular complexity index is 779. The first kappa shape index (κ1) is 17.0. The van der Waals surface area contributed by atoms with Crippen LogP contribution in [0.15, 0.2) is 48.5 Å². The van der Waals surface area contributed by atoms with Gasteiger partial charge in [0.15, 0.2) is 0 Å². The molecule has 0 heterocycles. The molecule has 1 amide bonds. The molecule has 1 aliphatic carbocycles. The standard InChI is InChI=1S/C20H21NO4/c1-25-17-5-3-2-4-16(17)20(12-13-20)19(24)21-15-9-6-14(7-10-15)8-11-18(22)23/h2-7,9-10H,8,11-13H2,1H3,(H,21,24)(H,22,23). The zero-order chi connectivity index (χ0) is 17.9. The number of hydrogen-bond acceptors (Lipinski definition) is 3. The highest BCUT2D eigenvalue weighted by Crippen LogP contribution is 2.51. The molecule has 1 aliphatic rings. The number of ether oxygens (including phenoxy) is 1. The number of amides is 1. The predicted octanol–water partition coefficient (Wildman–Crippen LogP) is 3.38. The number of benzene rings is 2. The van der Waals surface area contributed by atoms with Crippen LogP contribution in [-0.4, -0.2) is 24.1 Å². The number of aryl methyl sites for hydroxylation is 1. The van der Waals surface area contributed by atoms with Crippen molar-refractivity contribution in [1.82, 2.24) is 0 Å². The van der Waals surface area contributed by atoms with Gasteiger partial charge in [-0.05, 0) is 43.0 Å². The van der Waals surface area contributed by atoms with Crippen molar-refractivity contribution in [3.8, 4) is 5.75 Å². The van der Waals surface area contributed by atoms with Gasteiger partial charge < -0.3 is 15.2 Å². The van der Waals surface area contributed by atoms with E-state index in [1.54, 1.807) is 7.11 Å². The van der Waals surface area contributed by atoms with Crippen LogP contribution in [0.4, 0.5) is 5.69 Å². The third kappa shape index (κ3) is 3.65. The molecule has 2 N–H and O–H groups in total. The molecule has 0 saturated heterocycles. The quantitative estimate of drug-likeness (QED) is 0.811. The van der Waals surface area contributed by atoms with Gasteiger partial charge in [-0.15, -0.1) is 0 Å². The highest BCUT2D eigenvalue weighted by atomic mass is 16.5. The van der Waals surface area contributed by atoms with E-state index in [1.165, 1.54) is 0 Å². The maximum Gasteiger partial charge on any atom is 0.303 e. The largest absolute Gasteiger partial charge is 0.496 e. The Labute approximate surface area is 146 Å². The number of rotatable bonds is 7. The summed E-state index contributed by atoms with van der Waals surface area (Å²) in [7, 11) is 1.61. The topological polar surface area (TPSA) is 75.6 Å². The summed E-state index contributed by atoms with van der Waals surface area (Å²) in [6.45, 7) is 0. The molecule has 0 spiro atoms. The number of methoxy groups -OCH3 is 1. The minimum Gasteiger partial charge on any atom is -0.496 e. The van der Waals surface area contributed by atoms with E-state index in [0.29, 0.717) is 12.1 Å². The van der Waals surface area contributed by atoms with Crippen LogP contribution in [0, 0.1) is 0 Å². The van der Waals surface area contributed by atoms with Gasteiger partial charge in [-0.25, -0.2) is 0 Å². The first-order valence-corrected chi connectivity index (χ1v) is 8.31. The normalized spacial score (nSPS) is 14.6. The van der Waals surface area contributed by atoms with Gasteiger partial charge in [0.05, 0.1) is 12.5 Å². The summed E-state index contributed by atoms with van der Waals surface area (Å²) in [5.74, 6) is -0.112. The van der Waals surface area contributed by atoms with Crippen LogP contribution in [0.5, 0.6) is 5.75 Å². The predicted molar refractivity (Wildman–Crippen MR) is 94.9 cm³/mol. The highest BCUT2D eigenvalue weighted by molar-refractivity contribution is 6.01. The first-order chi connectivity index (χ1) is 12.0. The van der Waals surface area contributed by atoms with E-state index in [2.05, 4.69) is 5.32 Å². The van der Waals surface area contributed by atoms with Gasteiger partial charge in [0.2, 0.25) is 5.91 Å². The number of carbonyl (C=O) groups excluding carboxylic acids is 1. The molecule has 2 aromatic carbocycles. The van der Waals surface area contributed by atoms with Crippen molar-refractivity contribution in [1.29, 1.82) is 0 Å². The lowest BCUT2D eigenvalue weighted by Gasteiger charge is -2.18. The third-order valence-corrected chi connectivity index (χ3v) is 4.65. The van der Waals surface area contributed by atoms with Gasteiger partial charge in [0.1, 0.15) is 5.75 Å². The molecule has 0 radical (unpaired) electrons. The van der Waals surface area contributed by atoms with Crippen LogP contribution in [0.2, 0.25) is 0 Å². The van der Waals surface area contributed by atoms with Crippen molar-refractivity contribution >= 4 is 17.6 Å². The molecule has 0 bridgehead atoms. The van der Waals surface area contributed by atoms with Crippen LogP contribution in [0.1, 0.15) is 30.4 Å². The molecule has 0 unspecified atom stereocenters. The molecule has 0 aromatic heterocycles. The Morgan fingerprint density at radius 2 is 1.80 bits per heavy atom. The molecule has 5 nitrogen and oxygen atoms in total. The molecule has 130 valence electrons. The molecule has 1 fully saturated rings. The minimum absolute atomic E-state index is 0.0321. The second-order valence-corrected chi connectivity index (χ2v) is 6.33. The Morgan fingerprint density at radius 1 is 1.12 bits per heavy atom. The molecule has 1 saturated carbocycles. The average molecular weight is 339 g/mol. The van der Waals surface area contributed by atoms with Gasteiger partial charge in [0, 0.05) is 17.7 Å². The van der Waals surface area contributed by atoms with E-state index in [0.717, 1.165) is 29.7 Å². The second-order valence-electron chi connectivity index (χ2n) is 6.33. The van der Waals surface area contributed by atoms with Crippen LogP contribution in [-0.2, 0) is 21.4 Å². The number of carboxylic acid groups (broad SMARTS) is 1. The van der Waals surface area contributed by atoms with Crippen molar-refractivity contribution in [2.45, 2.75) is 31.1 Å². The average Bonchev–Trinajstić information content (AvgIpc) is 3.43. The number of aliphatic carboxylic acids is 1. The molecule has 5 heteroatoms. The number of hydrogen-bond donors (Lipinski definition) is 2. The fourth-order valence-corrected chi connectivity index (χ4v) is 3.04. The fourth-order valence-electron chi connectivity index (χ4n) is 3.04. The van der Waals surface area contributed by atoms with E-state index >= 15 is 0 Å². The van der Waals surface area contributed by atoms with Crippen LogP contribution in [0.3, 0.4) is 0 Å². The molecule has 3 rings (SSSR count). The molecular weight excluding hydrogens is 318 g/mol. The van der Waals surface area contributed by atoms with Crippen LogP contribution < -0.4 is 10.1 Å². The van der Waals surface area contributed by atoms with Crippen molar-refractivity contribution in [3.05, 3.63) is 59.7 Å². The van der Waals surface area contributed by atoms with Crippen molar-refractivity contribution in [2.75, 3.05) is 12.4 Å². The zero-order valence-electron chi connectivity index (χ0n) is 14.1. The van der Waals surface area contributed by atoms with E-state index < -0.39 is 11.4 Å².